The monoisotopic (exact) mass is 204 g/mol. The number of hydrogen-bond donors (Lipinski definition) is 0. The molecule has 0 N–H and O–H groups in total. The van der Waals surface area contributed by atoms with Crippen LogP contribution in [0, 0.1) is 0 Å². The van der Waals surface area contributed by atoms with Crippen LogP contribution in [-0.4, -0.2) is 24.9 Å². The molecule has 0 radical (unpaired) electrons. The highest BCUT2D eigenvalue weighted by Crippen LogP contribution is 2.18. The van der Waals surface area contributed by atoms with Gasteiger partial charge < -0.3 is 9.47 Å². The van der Waals surface area contributed by atoms with E-state index in [1.54, 1.807) is 0 Å². The highest BCUT2D eigenvalue weighted by molar-refractivity contribution is 6.21. The van der Waals surface area contributed by atoms with Crippen LogP contribution in [0.15, 0.2) is 11.6 Å². The standard InChI is InChI=1S/C10H17ClO2/c1-3-8(2)10(11)13-9-4-6-12-7-5-9/h3,9-10H,4-7H2,1-2H3. The summed E-state index contributed by atoms with van der Waals surface area (Å²) >= 11 is 6.03. The lowest BCUT2D eigenvalue weighted by Crippen LogP contribution is -2.26. The van der Waals surface area contributed by atoms with Crippen molar-refractivity contribution in [3.63, 3.8) is 0 Å². The average molecular weight is 205 g/mol. The van der Waals surface area contributed by atoms with Crippen molar-refractivity contribution >= 4 is 11.6 Å². The van der Waals surface area contributed by atoms with Crippen LogP contribution in [0.2, 0.25) is 0 Å². The Labute approximate surface area is 84.9 Å². The van der Waals surface area contributed by atoms with Crippen molar-refractivity contribution in [3.8, 4) is 0 Å². The minimum absolute atomic E-state index is 0.270. The number of halogens is 1. The van der Waals surface area contributed by atoms with Gasteiger partial charge in [0.15, 0.2) is 5.56 Å². The number of rotatable bonds is 3. The molecule has 1 unspecified atom stereocenters. The summed E-state index contributed by atoms with van der Waals surface area (Å²) in [6.45, 7) is 5.54. The Morgan fingerprint density at radius 2 is 2.15 bits per heavy atom. The molecular formula is C10H17ClO2. The lowest BCUT2D eigenvalue weighted by Gasteiger charge is -2.25. The third kappa shape index (κ3) is 3.67. The van der Waals surface area contributed by atoms with E-state index >= 15 is 0 Å². The quantitative estimate of drug-likeness (QED) is 0.520. The molecule has 1 heterocycles. The maximum atomic E-state index is 6.03. The first-order chi connectivity index (χ1) is 6.24. The normalized spacial score (nSPS) is 23.2. The third-order valence-electron chi connectivity index (χ3n) is 2.29. The molecule has 0 spiro atoms. The second-order valence-electron chi connectivity index (χ2n) is 3.30. The van der Waals surface area contributed by atoms with E-state index in [0.29, 0.717) is 0 Å². The molecule has 1 saturated heterocycles. The highest BCUT2D eigenvalue weighted by Gasteiger charge is 2.18. The van der Waals surface area contributed by atoms with Gasteiger partial charge in [-0.2, -0.15) is 0 Å². The van der Waals surface area contributed by atoms with E-state index < -0.39 is 0 Å². The van der Waals surface area contributed by atoms with Crippen LogP contribution in [0.4, 0.5) is 0 Å². The van der Waals surface area contributed by atoms with Crippen molar-refractivity contribution in [1.82, 2.24) is 0 Å². The number of alkyl halides is 1. The molecule has 0 aromatic heterocycles. The molecule has 1 rings (SSSR count). The molecule has 3 heteroatoms. The maximum absolute atomic E-state index is 6.03. The van der Waals surface area contributed by atoms with E-state index in [-0.39, 0.29) is 11.7 Å². The molecule has 13 heavy (non-hydrogen) atoms. The number of hydrogen-bond acceptors (Lipinski definition) is 2. The van der Waals surface area contributed by atoms with Crippen molar-refractivity contribution in [1.29, 1.82) is 0 Å². The summed E-state index contributed by atoms with van der Waals surface area (Å²) in [5.41, 5.74) is 0.807. The molecule has 0 aromatic rings. The molecule has 2 nitrogen and oxygen atoms in total. The van der Waals surface area contributed by atoms with Crippen LogP contribution in [0.5, 0.6) is 0 Å². The molecule has 1 aliphatic rings. The minimum atomic E-state index is -0.270. The molecule has 76 valence electrons. The van der Waals surface area contributed by atoms with Gasteiger partial charge in [-0.15, -0.1) is 0 Å². The van der Waals surface area contributed by atoms with Gasteiger partial charge in [0.25, 0.3) is 0 Å². The van der Waals surface area contributed by atoms with E-state index in [1.165, 1.54) is 0 Å². The van der Waals surface area contributed by atoms with E-state index in [0.717, 1.165) is 31.6 Å². The van der Waals surface area contributed by atoms with Crippen molar-refractivity contribution in [2.45, 2.75) is 38.4 Å². The van der Waals surface area contributed by atoms with E-state index in [9.17, 15) is 0 Å². The first kappa shape index (κ1) is 11.0. The molecule has 1 fully saturated rings. The largest absolute Gasteiger partial charge is 0.381 e. The predicted octanol–water partition coefficient (Wildman–Crippen LogP) is 2.71. The Kier molecular flexibility index (Phi) is 4.78. The zero-order valence-corrected chi connectivity index (χ0v) is 9.01. The van der Waals surface area contributed by atoms with Crippen molar-refractivity contribution in [2.24, 2.45) is 0 Å². The summed E-state index contributed by atoms with van der Waals surface area (Å²) in [5, 5.41) is 0. The van der Waals surface area contributed by atoms with Gasteiger partial charge in [-0.25, -0.2) is 0 Å². The predicted molar refractivity (Wildman–Crippen MR) is 54.0 cm³/mol. The molecule has 1 atom stereocenters. The Hall–Kier alpha value is -0.0500. The van der Waals surface area contributed by atoms with Crippen LogP contribution in [0.3, 0.4) is 0 Å². The summed E-state index contributed by atoms with van der Waals surface area (Å²) in [7, 11) is 0. The second kappa shape index (κ2) is 5.63. The Morgan fingerprint density at radius 1 is 1.54 bits per heavy atom. The lowest BCUT2D eigenvalue weighted by atomic mass is 10.1. The van der Waals surface area contributed by atoms with Crippen LogP contribution < -0.4 is 0 Å². The SMILES string of the molecule is CC=C(C)C(Cl)OC1CCOCC1. The Bertz CT molecular complexity index is 174. The van der Waals surface area contributed by atoms with Crippen LogP contribution in [0.1, 0.15) is 26.7 Å². The smallest absolute Gasteiger partial charge is 0.152 e. The van der Waals surface area contributed by atoms with Gasteiger partial charge in [-0.1, -0.05) is 17.7 Å². The van der Waals surface area contributed by atoms with Gasteiger partial charge in [-0.3, -0.25) is 0 Å². The molecule has 0 amide bonds. The zero-order valence-electron chi connectivity index (χ0n) is 8.25. The van der Waals surface area contributed by atoms with Crippen LogP contribution >= 0.6 is 11.6 Å². The van der Waals surface area contributed by atoms with Crippen LogP contribution in [-0.2, 0) is 9.47 Å². The second-order valence-corrected chi connectivity index (χ2v) is 3.69. The third-order valence-corrected chi connectivity index (χ3v) is 2.74. The maximum Gasteiger partial charge on any atom is 0.152 e. The van der Waals surface area contributed by atoms with Gasteiger partial charge in [0.2, 0.25) is 0 Å². The van der Waals surface area contributed by atoms with Gasteiger partial charge in [0.1, 0.15) is 0 Å². The van der Waals surface area contributed by atoms with Gasteiger partial charge in [0.05, 0.1) is 6.10 Å². The minimum Gasteiger partial charge on any atom is -0.381 e. The molecule has 0 bridgehead atoms. The average Bonchev–Trinajstić information content (AvgIpc) is 2.18. The molecule has 0 aromatic carbocycles. The summed E-state index contributed by atoms with van der Waals surface area (Å²) < 4.78 is 10.9. The highest BCUT2D eigenvalue weighted by atomic mass is 35.5. The molecule has 0 saturated carbocycles. The van der Waals surface area contributed by atoms with Gasteiger partial charge >= 0.3 is 0 Å². The molecule has 0 aliphatic carbocycles. The van der Waals surface area contributed by atoms with Gasteiger partial charge in [0, 0.05) is 13.2 Å². The summed E-state index contributed by atoms with van der Waals surface area (Å²) in [6.07, 6.45) is 4.17. The van der Waals surface area contributed by atoms with E-state index in [4.69, 9.17) is 21.1 Å². The fourth-order valence-corrected chi connectivity index (χ4v) is 1.49. The summed E-state index contributed by atoms with van der Waals surface area (Å²) in [5.74, 6) is 0. The fraction of sp³-hybridized carbons (Fsp3) is 0.800. The first-order valence-electron chi connectivity index (χ1n) is 4.74. The van der Waals surface area contributed by atoms with E-state index in [1.807, 2.05) is 19.9 Å². The lowest BCUT2D eigenvalue weighted by molar-refractivity contribution is -0.0350. The van der Waals surface area contributed by atoms with Gasteiger partial charge in [-0.05, 0) is 32.3 Å². The van der Waals surface area contributed by atoms with Crippen molar-refractivity contribution in [3.05, 3.63) is 11.6 Å². The molecule has 1 aliphatic heterocycles. The summed E-state index contributed by atoms with van der Waals surface area (Å²) in [6, 6.07) is 0. The van der Waals surface area contributed by atoms with Crippen molar-refractivity contribution < 1.29 is 9.47 Å². The van der Waals surface area contributed by atoms with Crippen LogP contribution in [0.25, 0.3) is 0 Å². The number of ether oxygens (including phenoxy) is 2. The first-order valence-corrected chi connectivity index (χ1v) is 5.17. The molecular weight excluding hydrogens is 188 g/mol. The summed E-state index contributed by atoms with van der Waals surface area (Å²) in [4.78, 5) is 0. The van der Waals surface area contributed by atoms with E-state index in [2.05, 4.69) is 0 Å². The topological polar surface area (TPSA) is 18.5 Å². The Balaban J connectivity index is 2.30. The Morgan fingerprint density at radius 3 is 2.69 bits per heavy atom. The number of allylic oxidation sites excluding steroid dienone is 1. The fourth-order valence-electron chi connectivity index (χ4n) is 1.22. The zero-order chi connectivity index (χ0) is 9.68. The van der Waals surface area contributed by atoms with Crippen molar-refractivity contribution in [2.75, 3.05) is 13.2 Å².